The number of hydrogen-bond donors (Lipinski definition) is 2. The van der Waals surface area contributed by atoms with Gasteiger partial charge >= 0.3 is 0 Å². The van der Waals surface area contributed by atoms with Crippen LogP contribution in [0.4, 0.5) is 26.0 Å². The topological polar surface area (TPSA) is 85.4 Å². The molecule has 0 unspecified atom stereocenters. The molecule has 1 aromatic heterocycles. The van der Waals surface area contributed by atoms with Gasteiger partial charge in [-0.1, -0.05) is 0 Å². The lowest BCUT2D eigenvalue weighted by atomic mass is 10.2. The summed E-state index contributed by atoms with van der Waals surface area (Å²) in [7, 11) is 0. The minimum absolute atomic E-state index is 0.0699. The van der Waals surface area contributed by atoms with E-state index in [1.54, 1.807) is 25.1 Å². The molecule has 0 spiro atoms. The van der Waals surface area contributed by atoms with Gasteiger partial charge in [0.15, 0.2) is 23.1 Å². The molecule has 2 heterocycles. The van der Waals surface area contributed by atoms with Crippen LogP contribution in [0.25, 0.3) is 0 Å². The molecule has 0 saturated heterocycles. The van der Waals surface area contributed by atoms with Crippen LogP contribution in [-0.4, -0.2) is 22.7 Å². The Kier molecular flexibility index (Phi) is 4.48. The Morgan fingerprint density at radius 1 is 0.964 bits per heavy atom. The molecule has 0 bridgehead atoms. The normalized spacial score (nSPS) is 12.0. The lowest BCUT2D eigenvalue weighted by Gasteiger charge is -2.10. The first-order chi connectivity index (χ1) is 13.5. The fourth-order valence-electron chi connectivity index (χ4n) is 2.64. The zero-order chi connectivity index (χ0) is 19.7. The van der Waals surface area contributed by atoms with Gasteiger partial charge in [-0.25, -0.2) is 18.7 Å². The fourth-order valence-corrected chi connectivity index (χ4v) is 2.64. The van der Waals surface area contributed by atoms with E-state index in [9.17, 15) is 13.6 Å². The van der Waals surface area contributed by atoms with Crippen LogP contribution in [0.1, 0.15) is 16.3 Å². The van der Waals surface area contributed by atoms with Crippen LogP contribution in [0.2, 0.25) is 0 Å². The number of amides is 1. The predicted molar refractivity (Wildman–Crippen MR) is 96.9 cm³/mol. The number of aromatic nitrogens is 2. The molecular weight excluding hydrogens is 370 g/mol. The molecule has 0 aliphatic carbocycles. The molecule has 0 fully saturated rings. The van der Waals surface area contributed by atoms with E-state index in [2.05, 4.69) is 20.6 Å². The summed E-state index contributed by atoms with van der Waals surface area (Å²) in [6.07, 6.45) is 0. The summed E-state index contributed by atoms with van der Waals surface area (Å²) >= 11 is 0. The average molecular weight is 384 g/mol. The highest BCUT2D eigenvalue weighted by molar-refractivity contribution is 6.03. The second-order valence-electron chi connectivity index (χ2n) is 5.96. The SMILES string of the molecule is Cc1nc(Nc2ccc3c(c2)OCO3)cc(C(=O)Nc2ccc(F)c(F)c2)n1. The number of rotatable bonds is 4. The molecule has 1 amide bonds. The molecule has 2 aromatic carbocycles. The summed E-state index contributed by atoms with van der Waals surface area (Å²) in [5.74, 6) is -0.621. The molecule has 3 aromatic rings. The van der Waals surface area contributed by atoms with Crippen LogP contribution >= 0.6 is 0 Å². The van der Waals surface area contributed by atoms with E-state index >= 15 is 0 Å². The van der Waals surface area contributed by atoms with Crippen molar-refractivity contribution in [2.24, 2.45) is 0 Å². The lowest BCUT2D eigenvalue weighted by Crippen LogP contribution is -2.15. The molecule has 9 heteroatoms. The van der Waals surface area contributed by atoms with E-state index in [0.717, 1.165) is 12.1 Å². The third-order valence-electron chi connectivity index (χ3n) is 3.89. The van der Waals surface area contributed by atoms with Gasteiger partial charge in [0, 0.05) is 29.6 Å². The van der Waals surface area contributed by atoms with Crippen molar-refractivity contribution in [3.05, 3.63) is 65.6 Å². The summed E-state index contributed by atoms with van der Waals surface area (Å²) in [6.45, 7) is 1.80. The smallest absolute Gasteiger partial charge is 0.274 e. The second kappa shape index (κ2) is 7.10. The number of hydrogen-bond acceptors (Lipinski definition) is 6. The molecule has 0 radical (unpaired) electrons. The summed E-state index contributed by atoms with van der Waals surface area (Å²) in [5, 5.41) is 5.55. The zero-order valence-electron chi connectivity index (χ0n) is 14.6. The number of carbonyl (C=O) groups is 1. The maximum atomic E-state index is 13.3. The summed E-state index contributed by atoms with van der Waals surface area (Å²) in [4.78, 5) is 20.8. The quantitative estimate of drug-likeness (QED) is 0.712. The monoisotopic (exact) mass is 384 g/mol. The summed E-state index contributed by atoms with van der Waals surface area (Å²) in [5.41, 5.74) is 0.875. The van der Waals surface area contributed by atoms with Crippen molar-refractivity contribution >= 4 is 23.1 Å². The van der Waals surface area contributed by atoms with Crippen molar-refractivity contribution in [2.45, 2.75) is 6.92 Å². The standard InChI is InChI=1S/C19H14F2N4O3/c1-10-22-15(19(26)25-11-2-4-13(20)14(21)6-11)8-18(23-10)24-12-3-5-16-17(7-12)28-9-27-16/h2-8H,9H2,1H3,(H,25,26)(H,22,23,24). The van der Waals surface area contributed by atoms with Crippen molar-refractivity contribution in [2.75, 3.05) is 17.4 Å². The molecule has 0 saturated carbocycles. The van der Waals surface area contributed by atoms with E-state index in [4.69, 9.17) is 9.47 Å². The molecule has 2 N–H and O–H groups in total. The third-order valence-corrected chi connectivity index (χ3v) is 3.89. The van der Waals surface area contributed by atoms with Crippen molar-refractivity contribution < 1.29 is 23.0 Å². The fraction of sp³-hybridized carbons (Fsp3) is 0.105. The molecule has 142 valence electrons. The van der Waals surface area contributed by atoms with Crippen LogP contribution in [0.3, 0.4) is 0 Å². The van der Waals surface area contributed by atoms with Crippen LogP contribution in [0, 0.1) is 18.6 Å². The van der Waals surface area contributed by atoms with E-state index < -0.39 is 17.5 Å². The Balaban J connectivity index is 1.54. The number of nitrogens with one attached hydrogen (secondary N) is 2. The Morgan fingerprint density at radius 2 is 1.75 bits per heavy atom. The minimum atomic E-state index is -1.05. The van der Waals surface area contributed by atoms with E-state index in [0.29, 0.717) is 28.8 Å². The Morgan fingerprint density at radius 3 is 2.57 bits per heavy atom. The maximum absolute atomic E-state index is 13.3. The van der Waals surface area contributed by atoms with Gasteiger partial charge in [0.1, 0.15) is 17.3 Å². The first-order valence-corrected chi connectivity index (χ1v) is 8.27. The predicted octanol–water partition coefficient (Wildman–Crippen LogP) is 3.79. The second-order valence-corrected chi connectivity index (χ2v) is 5.96. The van der Waals surface area contributed by atoms with Gasteiger partial charge in [0.05, 0.1) is 0 Å². The van der Waals surface area contributed by atoms with Gasteiger partial charge in [0.25, 0.3) is 5.91 Å². The highest BCUT2D eigenvalue weighted by atomic mass is 19.2. The van der Waals surface area contributed by atoms with Gasteiger partial charge in [0.2, 0.25) is 6.79 Å². The Labute approximate surface area is 158 Å². The van der Waals surface area contributed by atoms with Crippen LogP contribution in [-0.2, 0) is 0 Å². The van der Waals surface area contributed by atoms with Crippen LogP contribution in [0.5, 0.6) is 11.5 Å². The molecular formula is C19H14F2N4O3. The number of halogens is 2. The molecule has 28 heavy (non-hydrogen) atoms. The Bertz CT molecular complexity index is 1080. The molecule has 0 atom stereocenters. The van der Waals surface area contributed by atoms with Crippen molar-refractivity contribution in [3.63, 3.8) is 0 Å². The van der Waals surface area contributed by atoms with E-state index in [1.165, 1.54) is 12.1 Å². The first-order valence-electron chi connectivity index (χ1n) is 8.27. The maximum Gasteiger partial charge on any atom is 0.274 e. The van der Waals surface area contributed by atoms with Gasteiger partial charge in [-0.3, -0.25) is 4.79 Å². The highest BCUT2D eigenvalue weighted by Gasteiger charge is 2.15. The minimum Gasteiger partial charge on any atom is -0.454 e. The first kappa shape index (κ1) is 17.7. The average Bonchev–Trinajstić information content (AvgIpc) is 3.12. The van der Waals surface area contributed by atoms with Crippen LogP contribution in [0.15, 0.2) is 42.5 Å². The van der Waals surface area contributed by atoms with Gasteiger partial charge in [-0.2, -0.15) is 0 Å². The van der Waals surface area contributed by atoms with Crippen molar-refractivity contribution in [1.82, 2.24) is 9.97 Å². The van der Waals surface area contributed by atoms with Gasteiger partial charge in [-0.15, -0.1) is 0 Å². The number of aryl methyl sites for hydroxylation is 1. The Hall–Kier alpha value is -3.75. The van der Waals surface area contributed by atoms with E-state index in [1.807, 2.05) is 0 Å². The summed E-state index contributed by atoms with van der Waals surface area (Å²) in [6, 6.07) is 9.83. The number of nitrogens with zero attached hydrogens (tertiary/aromatic N) is 2. The number of benzene rings is 2. The molecule has 7 nitrogen and oxygen atoms in total. The number of anilines is 3. The largest absolute Gasteiger partial charge is 0.454 e. The number of carbonyl (C=O) groups excluding carboxylic acids is 1. The zero-order valence-corrected chi connectivity index (χ0v) is 14.6. The number of ether oxygens (including phenoxy) is 2. The van der Waals surface area contributed by atoms with Crippen molar-refractivity contribution in [3.8, 4) is 11.5 Å². The van der Waals surface area contributed by atoms with Crippen molar-refractivity contribution in [1.29, 1.82) is 0 Å². The summed E-state index contributed by atoms with van der Waals surface area (Å²) < 4.78 is 36.9. The van der Waals surface area contributed by atoms with E-state index in [-0.39, 0.29) is 18.2 Å². The molecule has 1 aliphatic rings. The third kappa shape index (κ3) is 3.68. The molecule has 4 rings (SSSR count). The number of fused-ring (bicyclic) bond motifs is 1. The van der Waals surface area contributed by atoms with Gasteiger partial charge in [-0.05, 0) is 31.2 Å². The van der Waals surface area contributed by atoms with Crippen LogP contribution < -0.4 is 20.1 Å². The highest BCUT2D eigenvalue weighted by Crippen LogP contribution is 2.35. The van der Waals surface area contributed by atoms with Gasteiger partial charge < -0.3 is 20.1 Å². The molecule has 1 aliphatic heterocycles. The lowest BCUT2D eigenvalue weighted by molar-refractivity contribution is 0.102.